The van der Waals surface area contributed by atoms with Crippen LogP contribution < -0.4 is 0 Å². The van der Waals surface area contributed by atoms with Crippen molar-refractivity contribution < 1.29 is 14.3 Å². The maximum absolute atomic E-state index is 11.9. The highest BCUT2D eigenvalue weighted by atomic mass is 35.5. The summed E-state index contributed by atoms with van der Waals surface area (Å²) in [5.74, 6) is -0.318. The van der Waals surface area contributed by atoms with E-state index in [1.165, 1.54) is 0 Å². The summed E-state index contributed by atoms with van der Waals surface area (Å²) in [5, 5.41) is -0.0660. The quantitative estimate of drug-likeness (QED) is 0.629. The first-order valence-electron chi connectivity index (χ1n) is 6.61. The zero-order valence-electron chi connectivity index (χ0n) is 11.2. The van der Waals surface area contributed by atoms with Crippen molar-refractivity contribution in [3.8, 4) is 0 Å². The van der Waals surface area contributed by atoms with Crippen molar-refractivity contribution in [1.29, 1.82) is 0 Å². The van der Waals surface area contributed by atoms with Gasteiger partial charge in [-0.05, 0) is 25.8 Å². The van der Waals surface area contributed by atoms with Crippen LogP contribution >= 0.6 is 11.6 Å². The van der Waals surface area contributed by atoms with Gasteiger partial charge in [-0.25, -0.2) is 4.79 Å². The molecule has 1 saturated heterocycles. The van der Waals surface area contributed by atoms with Crippen molar-refractivity contribution >= 4 is 17.6 Å². The third-order valence-electron chi connectivity index (χ3n) is 3.05. The molecule has 104 valence electrons. The molecule has 0 aliphatic carbocycles. The van der Waals surface area contributed by atoms with E-state index in [1.807, 2.05) is 44.2 Å². The van der Waals surface area contributed by atoms with E-state index in [0.29, 0.717) is 6.42 Å². The topological polar surface area (TPSA) is 35.5 Å². The lowest BCUT2D eigenvalue weighted by atomic mass is 9.98. The maximum Gasteiger partial charge on any atom is 0.335 e. The van der Waals surface area contributed by atoms with E-state index >= 15 is 0 Å². The van der Waals surface area contributed by atoms with E-state index in [0.717, 1.165) is 12.0 Å². The van der Waals surface area contributed by atoms with Crippen molar-refractivity contribution in [2.75, 3.05) is 0 Å². The van der Waals surface area contributed by atoms with Crippen molar-refractivity contribution in [2.24, 2.45) is 0 Å². The zero-order chi connectivity index (χ0) is 13.8. The van der Waals surface area contributed by atoms with E-state index in [-0.39, 0.29) is 23.6 Å². The number of benzene rings is 1. The standard InChI is InChI=1S/C15H19ClO3/c1-10(2)18-15(17)14-9-12(16)8-13(19-14)11-6-4-3-5-7-11/h3-7,10,12-14H,8-9H2,1-2H3/t12-,13-,14+/m0/s1. The van der Waals surface area contributed by atoms with Crippen molar-refractivity contribution in [1.82, 2.24) is 0 Å². The molecule has 0 unspecified atom stereocenters. The minimum Gasteiger partial charge on any atom is -0.461 e. The molecule has 0 N–H and O–H groups in total. The Bertz CT molecular complexity index is 419. The molecule has 4 heteroatoms. The molecule has 0 aromatic heterocycles. The number of rotatable bonds is 3. The number of hydrogen-bond donors (Lipinski definition) is 0. The Balaban J connectivity index is 2.06. The molecule has 1 aliphatic rings. The Labute approximate surface area is 118 Å². The number of carbonyl (C=O) groups excluding carboxylic acids is 1. The lowest BCUT2D eigenvalue weighted by molar-refractivity contribution is -0.169. The minimum absolute atomic E-state index is 0.0660. The Hall–Kier alpha value is -1.06. The molecule has 1 heterocycles. The summed E-state index contributed by atoms with van der Waals surface area (Å²) in [6.45, 7) is 3.65. The van der Waals surface area contributed by atoms with Crippen molar-refractivity contribution in [3.05, 3.63) is 35.9 Å². The fourth-order valence-corrected chi connectivity index (χ4v) is 2.54. The van der Waals surface area contributed by atoms with Crippen LogP contribution in [0.5, 0.6) is 0 Å². The van der Waals surface area contributed by atoms with Gasteiger partial charge in [0.2, 0.25) is 0 Å². The molecule has 0 bridgehead atoms. The number of carbonyl (C=O) groups is 1. The van der Waals surface area contributed by atoms with Gasteiger partial charge in [-0.2, -0.15) is 0 Å². The monoisotopic (exact) mass is 282 g/mol. The summed E-state index contributed by atoms with van der Waals surface area (Å²) < 4.78 is 11.0. The fourth-order valence-electron chi connectivity index (χ4n) is 2.21. The largest absolute Gasteiger partial charge is 0.461 e. The molecule has 0 amide bonds. The smallest absolute Gasteiger partial charge is 0.335 e. The van der Waals surface area contributed by atoms with Gasteiger partial charge in [-0.1, -0.05) is 30.3 Å². The van der Waals surface area contributed by atoms with Crippen LogP contribution in [-0.4, -0.2) is 23.6 Å². The summed E-state index contributed by atoms with van der Waals surface area (Å²) in [7, 11) is 0. The highest BCUT2D eigenvalue weighted by molar-refractivity contribution is 6.20. The molecular weight excluding hydrogens is 264 g/mol. The summed E-state index contributed by atoms with van der Waals surface area (Å²) in [5.41, 5.74) is 1.05. The minimum atomic E-state index is -0.566. The van der Waals surface area contributed by atoms with Gasteiger partial charge in [0.05, 0.1) is 12.2 Å². The molecule has 19 heavy (non-hydrogen) atoms. The maximum atomic E-state index is 11.9. The van der Waals surface area contributed by atoms with Gasteiger partial charge in [-0.15, -0.1) is 11.6 Å². The molecule has 3 atom stereocenters. The van der Waals surface area contributed by atoms with Gasteiger partial charge >= 0.3 is 5.97 Å². The average molecular weight is 283 g/mol. The fraction of sp³-hybridized carbons (Fsp3) is 0.533. The first kappa shape index (κ1) is 14.4. The zero-order valence-corrected chi connectivity index (χ0v) is 12.0. The summed E-state index contributed by atoms with van der Waals surface area (Å²) in [6.07, 6.45) is 0.390. The second-order valence-corrected chi connectivity index (χ2v) is 5.70. The summed E-state index contributed by atoms with van der Waals surface area (Å²) in [6, 6.07) is 9.85. The molecule has 1 fully saturated rings. The molecule has 1 aliphatic heterocycles. The van der Waals surface area contributed by atoms with Crippen LogP contribution in [0.2, 0.25) is 0 Å². The van der Waals surface area contributed by atoms with Crippen LogP contribution in [0.15, 0.2) is 30.3 Å². The van der Waals surface area contributed by atoms with Gasteiger partial charge in [-0.3, -0.25) is 0 Å². The van der Waals surface area contributed by atoms with Gasteiger partial charge in [0, 0.05) is 11.8 Å². The van der Waals surface area contributed by atoms with Gasteiger partial charge in [0.25, 0.3) is 0 Å². The number of halogens is 1. The molecule has 0 radical (unpaired) electrons. The molecule has 0 saturated carbocycles. The Morgan fingerprint density at radius 2 is 2.00 bits per heavy atom. The number of ether oxygens (including phenoxy) is 2. The van der Waals surface area contributed by atoms with Crippen LogP contribution in [0.3, 0.4) is 0 Å². The van der Waals surface area contributed by atoms with Crippen LogP contribution in [0, 0.1) is 0 Å². The molecule has 2 rings (SSSR count). The van der Waals surface area contributed by atoms with E-state index in [2.05, 4.69) is 0 Å². The summed E-state index contributed by atoms with van der Waals surface area (Å²) >= 11 is 6.25. The van der Waals surface area contributed by atoms with E-state index in [1.54, 1.807) is 0 Å². The highest BCUT2D eigenvalue weighted by Gasteiger charge is 2.34. The average Bonchev–Trinajstić information content (AvgIpc) is 2.38. The molecule has 0 spiro atoms. The van der Waals surface area contributed by atoms with Crippen LogP contribution in [0.25, 0.3) is 0 Å². The Morgan fingerprint density at radius 1 is 1.32 bits per heavy atom. The lowest BCUT2D eigenvalue weighted by Crippen LogP contribution is -2.36. The molecule has 1 aromatic carbocycles. The van der Waals surface area contributed by atoms with Crippen LogP contribution in [0.1, 0.15) is 38.4 Å². The van der Waals surface area contributed by atoms with Gasteiger partial charge in [0.15, 0.2) is 6.10 Å². The lowest BCUT2D eigenvalue weighted by Gasteiger charge is -2.32. The first-order valence-corrected chi connectivity index (χ1v) is 7.05. The van der Waals surface area contributed by atoms with Crippen LogP contribution in [-0.2, 0) is 14.3 Å². The van der Waals surface area contributed by atoms with Crippen molar-refractivity contribution in [3.63, 3.8) is 0 Å². The third kappa shape index (κ3) is 3.95. The number of hydrogen-bond acceptors (Lipinski definition) is 3. The van der Waals surface area contributed by atoms with E-state index in [9.17, 15) is 4.79 Å². The normalized spacial score (nSPS) is 27.3. The SMILES string of the molecule is CC(C)OC(=O)[C@H]1C[C@@H](Cl)C[C@@H](c2ccccc2)O1. The number of esters is 1. The highest BCUT2D eigenvalue weighted by Crippen LogP contribution is 2.34. The predicted molar refractivity (Wildman–Crippen MR) is 74.2 cm³/mol. The van der Waals surface area contributed by atoms with Crippen LogP contribution in [0.4, 0.5) is 0 Å². The second-order valence-electron chi connectivity index (χ2n) is 5.08. The Morgan fingerprint density at radius 3 is 2.63 bits per heavy atom. The van der Waals surface area contributed by atoms with E-state index < -0.39 is 6.10 Å². The third-order valence-corrected chi connectivity index (χ3v) is 3.41. The second kappa shape index (κ2) is 6.40. The Kier molecular flexibility index (Phi) is 4.83. The molecule has 3 nitrogen and oxygen atoms in total. The first-order chi connectivity index (χ1) is 9.06. The summed E-state index contributed by atoms with van der Waals surface area (Å²) in [4.78, 5) is 11.9. The predicted octanol–water partition coefficient (Wildman–Crippen LogP) is 3.47. The molecular formula is C15H19ClO3. The van der Waals surface area contributed by atoms with Crippen molar-refractivity contribution in [2.45, 2.75) is 50.4 Å². The number of alkyl halides is 1. The van der Waals surface area contributed by atoms with Gasteiger partial charge in [0.1, 0.15) is 0 Å². The van der Waals surface area contributed by atoms with Gasteiger partial charge < -0.3 is 9.47 Å². The molecule has 1 aromatic rings. The van der Waals surface area contributed by atoms with E-state index in [4.69, 9.17) is 21.1 Å².